The molecule has 1 unspecified atom stereocenters. The summed E-state index contributed by atoms with van der Waals surface area (Å²) in [4.78, 5) is 26.4. The maximum Gasteiger partial charge on any atom is 0.295 e. The van der Waals surface area contributed by atoms with Crippen LogP contribution in [0.4, 0.5) is 4.39 Å². The number of Topliss-reactive ketones (excluding diaryl/α,β-unsaturated/α-hetero) is 1. The standard InChI is InChI=1S/C19H18FNO5/c1-11-3-8-14(26-11)16-15(17(22)12-4-6-13(20)7-5-12)18(23)19(24)21(16)9-10-25-2/h3-8,16,22H,9-10H2,1-2H3/b17-15-. The van der Waals surface area contributed by atoms with E-state index in [2.05, 4.69) is 0 Å². The molecule has 136 valence electrons. The van der Waals surface area contributed by atoms with Crippen molar-refractivity contribution < 1.29 is 28.2 Å². The lowest BCUT2D eigenvalue weighted by molar-refractivity contribution is -0.140. The van der Waals surface area contributed by atoms with Crippen molar-refractivity contribution in [2.75, 3.05) is 20.3 Å². The van der Waals surface area contributed by atoms with Gasteiger partial charge >= 0.3 is 0 Å². The number of rotatable bonds is 5. The van der Waals surface area contributed by atoms with Crippen molar-refractivity contribution in [1.29, 1.82) is 0 Å². The molecule has 1 N–H and O–H groups in total. The number of benzene rings is 1. The van der Waals surface area contributed by atoms with E-state index in [-0.39, 0.29) is 30.0 Å². The maximum absolute atomic E-state index is 13.2. The average molecular weight is 359 g/mol. The molecule has 1 aliphatic heterocycles. The van der Waals surface area contributed by atoms with E-state index in [0.29, 0.717) is 11.5 Å². The number of ketones is 1. The van der Waals surface area contributed by atoms with Gasteiger partial charge < -0.3 is 19.2 Å². The van der Waals surface area contributed by atoms with Crippen LogP contribution < -0.4 is 0 Å². The molecule has 1 amide bonds. The molecule has 0 saturated carbocycles. The summed E-state index contributed by atoms with van der Waals surface area (Å²) in [7, 11) is 1.49. The Morgan fingerprint density at radius 3 is 2.50 bits per heavy atom. The van der Waals surface area contributed by atoms with Crippen molar-refractivity contribution in [3.63, 3.8) is 0 Å². The summed E-state index contributed by atoms with van der Waals surface area (Å²) in [5.74, 6) is -1.44. The summed E-state index contributed by atoms with van der Waals surface area (Å²) in [6.07, 6.45) is 0. The number of halogens is 1. The van der Waals surface area contributed by atoms with Crippen LogP contribution in [0.3, 0.4) is 0 Å². The highest BCUT2D eigenvalue weighted by Gasteiger charge is 2.47. The van der Waals surface area contributed by atoms with Crippen LogP contribution in [0.15, 0.2) is 46.4 Å². The van der Waals surface area contributed by atoms with Crippen molar-refractivity contribution in [1.82, 2.24) is 4.90 Å². The lowest BCUT2D eigenvalue weighted by Crippen LogP contribution is -2.32. The molecule has 7 heteroatoms. The van der Waals surface area contributed by atoms with Crippen LogP contribution in [0.5, 0.6) is 0 Å². The van der Waals surface area contributed by atoms with Gasteiger partial charge in [-0.3, -0.25) is 9.59 Å². The van der Waals surface area contributed by atoms with Crippen molar-refractivity contribution in [3.05, 3.63) is 64.9 Å². The molecule has 1 fully saturated rings. The van der Waals surface area contributed by atoms with Crippen molar-refractivity contribution in [2.24, 2.45) is 0 Å². The molecule has 6 nitrogen and oxygen atoms in total. The number of methoxy groups -OCH3 is 1. The van der Waals surface area contributed by atoms with Gasteiger partial charge in [0.1, 0.15) is 29.1 Å². The van der Waals surface area contributed by atoms with Crippen LogP contribution in [0.25, 0.3) is 5.76 Å². The third kappa shape index (κ3) is 3.13. The zero-order valence-corrected chi connectivity index (χ0v) is 14.4. The Morgan fingerprint density at radius 1 is 1.23 bits per heavy atom. The quantitative estimate of drug-likeness (QED) is 0.504. The van der Waals surface area contributed by atoms with Crippen molar-refractivity contribution in [3.8, 4) is 0 Å². The fraction of sp³-hybridized carbons (Fsp3) is 0.263. The van der Waals surface area contributed by atoms with E-state index >= 15 is 0 Å². The Morgan fingerprint density at radius 2 is 1.92 bits per heavy atom. The first-order valence-electron chi connectivity index (χ1n) is 8.03. The molecule has 0 bridgehead atoms. The topological polar surface area (TPSA) is 80.0 Å². The van der Waals surface area contributed by atoms with E-state index in [0.717, 1.165) is 0 Å². The van der Waals surface area contributed by atoms with Gasteiger partial charge in [-0.1, -0.05) is 0 Å². The highest BCUT2D eigenvalue weighted by molar-refractivity contribution is 6.46. The number of nitrogens with zero attached hydrogens (tertiary/aromatic N) is 1. The fourth-order valence-corrected chi connectivity index (χ4v) is 2.96. The number of aliphatic hydroxyl groups is 1. The second-order valence-corrected chi connectivity index (χ2v) is 5.94. The van der Waals surface area contributed by atoms with Gasteiger partial charge in [0.25, 0.3) is 11.7 Å². The number of hydrogen-bond donors (Lipinski definition) is 1. The minimum absolute atomic E-state index is 0.0907. The van der Waals surface area contributed by atoms with Gasteiger partial charge in [0.15, 0.2) is 0 Å². The molecule has 1 atom stereocenters. The van der Waals surface area contributed by atoms with Gasteiger partial charge in [-0.2, -0.15) is 0 Å². The highest BCUT2D eigenvalue weighted by Crippen LogP contribution is 2.39. The number of hydrogen-bond acceptors (Lipinski definition) is 5. The number of carbonyl (C=O) groups excluding carboxylic acids is 2. The van der Waals surface area contributed by atoms with Gasteiger partial charge in [0.05, 0.1) is 12.2 Å². The first kappa shape index (κ1) is 17.9. The molecule has 1 aliphatic rings. The van der Waals surface area contributed by atoms with Crippen LogP contribution in [-0.2, 0) is 14.3 Å². The number of carbonyl (C=O) groups is 2. The Bertz CT molecular complexity index is 868. The van der Waals surface area contributed by atoms with Crippen LogP contribution in [0.2, 0.25) is 0 Å². The molecule has 0 aliphatic carbocycles. The van der Waals surface area contributed by atoms with Crippen molar-refractivity contribution in [2.45, 2.75) is 13.0 Å². The average Bonchev–Trinajstić information content (AvgIpc) is 3.15. The van der Waals surface area contributed by atoms with Gasteiger partial charge in [-0.05, 0) is 43.3 Å². The maximum atomic E-state index is 13.2. The smallest absolute Gasteiger partial charge is 0.295 e. The number of likely N-dealkylation sites (tertiary alicyclic amines) is 1. The number of amides is 1. The fourth-order valence-electron chi connectivity index (χ4n) is 2.96. The Balaban J connectivity index is 2.13. The Labute approximate surface area is 149 Å². The first-order chi connectivity index (χ1) is 12.4. The van der Waals surface area contributed by atoms with E-state index in [4.69, 9.17) is 9.15 Å². The monoisotopic (exact) mass is 359 g/mol. The number of ether oxygens (including phenoxy) is 1. The Hall–Kier alpha value is -2.93. The van der Waals surface area contributed by atoms with Gasteiger partial charge in [0, 0.05) is 19.2 Å². The lowest BCUT2D eigenvalue weighted by atomic mass is 9.99. The summed E-state index contributed by atoms with van der Waals surface area (Å²) >= 11 is 0. The van der Waals surface area contributed by atoms with Gasteiger partial charge in [0.2, 0.25) is 0 Å². The molecule has 2 heterocycles. The molecule has 0 spiro atoms. The van der Waals surface area contributed by atoms with Crippen LogP contribution in [0.1, 0.15) is 23.1 Å². The molecule has 26 heavy (non-hydrogen) atoms. The molecule has 3 rings (SSSR count). The summed E-state index contributed by atoms with van der Waals surface area (Å²) in [5.41, 5.74) is 0.150. The third-order valence-corrected chi connectivity index (χ3v) is 4.22. The van der Waals surface area contributed by atoms with Gasteiger partial charge in [-0.15, -0.1) is 0 Å². The van der Waals surface area contributed by atoms with Crippen LogP contribution in [-0.4, -0.2) is 42.0 Å². The number of aryl methyl sites for hydroxylation is 1. The van der Waals surface area contributed by atoms with Gasteiger partial charge in [-0.25, -0.2) is 4.39 Å². The number of furan rings is 1. The first-order valence-corrected chi connectivity index (χ1v) is 8.03. The third-order valence-electron chi connectivity index (χ3n) is 4.22. The molecule has 1 aromatic heterocycles. The molecular formula is C19H18FNO5. The van der Waals surface area contributed by atoms with E-state index in [1.165, 1.54) is 36.3 Å². The summed E-state index contributed by atoms with van der Waals surface area (Å²) in [5, 5.41) is 10.7. The Kier molecular flexibility index (Phi) is 4.90. The molecule has 0 radical (unpaired) electrons. The summed E-state index contributed by atoms with van der Waals surface area (Å²) < 4.78 is 23.8. The normalized spacial score (nSPS) is 19.3. The van der Waals surface area contributed by atoms with Crippen molar-refractivity contribution >= 4 is 17.4 Å². The zero-order chi connectivity index (χ0) is 18.8. The van der Waals surface area contributed by atoms with Crippen LogP contribution >= 0.6 is 0 Å². The minimum Gasteiger partial charge on any atom is -0.507 e. The van der Waals surface area contributed by atoms with E-state index in [1.54, 1.807) is 19.1 Å². The van der Waals surface area contributed by atoms with E-state index in [9.17, 15) is 19.1 Å². The van der Waals surface area contributed by atoms with Crippen LogP contribution in [0, 0.1) is 12.7 Å². The zero-order valence-electron chi connectivity index (χ0n) is 14.4. The second-order valence-electron chi connectivity index (χ2n) is 5.94. The molecular weight excluding hydrogens is 341 g/mol. The SMILES string of the molecule is COCCN1C(=O)C(=O)/C(=C(\O)c2ccc(F)cc2)C1c1ccc(C)o1. The summed E-state index contributed by atoms with van der Waals surface area (Å²) in [6.45, 7) is 2.12. The highest BCUT2D eigenvalue weighted by atomic mass is 19.1. The largest absolute Gasteiger partial charge is 0.507 e. The minimum atomic E-state index is -0.871. The molecule has 2 aromatic rings. The van der Waals surface area contributed by atoms with E-state index in [1.807, 2.05) is 0 Å². The lowest BCUT2D eigenvalue weighted by Gasteiger charge is -2.22. The van der Waals surface area contributed by atoms with E-state index < -0.39 is 23.5 Å². The molecule has 1 saturated heterocycles. The predicted molar refractivity (Wildman–Crippen MR) is 90.7 cm³/mol. The second kappa shape index (κ2) is 7.13. The predicted octanol–water partition coefficient (Wildman–Crippen LogP) is 2.80. The molecule has 1 aromatic carbocycles. The number of aliphatic hydroxyl groups excluding tert-OH is 1. The summed E-state index contributed by atoms with van der Waals surface area (Å²) in [6, 6.07) is 7.52.